The highest BCUT2D eigenvalue weighted by Crippen LogP contribution is 2.12. The van der Waals surface area contributed by atoms with Crippen molar-refractivity contribution in [3.63, 3.8) is 0 Å². The van der Waals surface area contributed by atoms with Crippen molar-refractivity contribution in [1.29, 1.82) is 0 Å². The van der Waals surface area contributed by atoms with Gasteiger partial charge in [-0.15, -0.1) is 5.10 Å². The number of anilines is 1. The van der Waals surface area contributed by atoms with Crippen LogP contribution in [0.5, 0.6) is 0 Å². The fraction of sp³-hybridized carbons (Fsp3) is 0.250. The number of carbonyl (C=O) groups is 1. The van der Waals surface area contributed by atoms with Crippen LogP contribution in [0.2, 0.25) is 0 Å². The Hall–Kier alpha value is -1.82. The van der Waals surface area contributed by atoms with Crippen molar-refractivity contribution < 1.29 is 4.79 Å². The van der Waals surface area contributed by atoms with Crippen molar-refractivity contribution >= 4 is 23.6 Å². The number of thioether (sulfide) groups is 1. The molecule has 0 spiro atoms. The summed E-state index contributed by atoms with van der Waals surface area (Å²) >= 11 is 1.72. The van der Waals surface area contributed by atoms with Gasteiger partial charge >= 0.3 is 0 Å². The normalized spacial score (nSPS) is 10.3. The van der Waals surface area contributed by atoms with E-state index in [4.69, 9.17) is 0 Å². The molecule has 0 saturated carbocycles. The Morgan fingerprint density at radius 1 is 1.50 bits per heavy atom. The Kier molecular flexibility index (Phi) is 3.99. The SMILES string of the molecule is CSCc1cccc(C(=O)Nc2n[nH]c(C)n2)c1. The van der Waals surface area contributed by atoms with E-state index in [1.54, 1.807) is 24.8 Å². The zero-order valence-corrected chi connectivity index (χ0v) is 11.0. The molecule has 0 aliphatic rings. The molecule has 0 bridgehead atoms. The van der Waals surface area contributed by atoms with E-state index in [0.29, 0.717) is 17.3 Å². The molecule has 1 amide bonds. The van der Waals surface area contributed by atoms with Gasteiger partial charge in [0.2, 0.25) is 5.95 Å². The summed E-state index contributed by atoms with van der Waals surface area (Å²) in [5.41, 5.74) is 1.74. The molecule has 1 heterocycles. The molecule has 1 aromatic carbocycles. The molecule has 2 rings (SSSR count). The number of hydrogen-bond donors (Lipinski definition) is 2. The van der Waals surface area contributed by atoms with Crippen LogP contribution in [0, 0.1) is 6.92 Å². The van der Waals surface area contributed by atoms with Gasteiger partial charge in [-0.1, -0.05) is 12.1 Å². The van der Waals surface area contributed by atoms with Gasteiger partial charge in [0.1, 0.15) is 5.82 Å². The van der Waals surface area contributed by atoms with Crippen molar-refractivity contribution in [3.05, 3.63) is 41.2 Å². The summed E-state index contributed by atoms with van der Waals surface area (Å²) in [5, 5.41) is 9.19. The summed E-state index contributed by atoms with van der Waals surface area (Å²) in [4.78, 5) is 16.0. The van der Waals surface area contributed by atoms with E-state index in [9.17, 15) is 4.79 Å². The number of carbonyl (C=O) groups excluding carboxylic acids is 1. The zero-order valence-electron chi connectivity index (χ0n) is 10.2. The summed E-state index contributed by atoms with van der Waals surface area (Å²) in [5.74, 6) is 1.66. The van der Waals surface area contributed by atoms with Gasteiger partial charge in [-0.2, -0.15) is 16.7 Å². The molecule has 2 N–H and O–H groups in total. The van der Waals surface area contributed by atoms with Crippen LogP contribution < -0.4 is 5.32 Å². The Labute approximate surface area is 109 Å². The van der Waals surface area contributed by atoms with E-state index in [1.807, 2.05) is 24.5 Å². The van der Waals surface area contributed by atoms with Crippen LogP contribution in [0.3, 0.4) is 0 Å². The van der Waals surface area contributed by atoms with Crippen LogP contribution in [0.25, 0.3) is 0 Å². The number of benzene rings is 1. The first-order chi connectivity index (χ1) is 8.69. The predicted octanol–water partition coefficient (Wildman–Crippen LogP) is 2.23. The third-order valence-corrected chi connectivity index (χ3v) is 2.94. The van der Waals surface area contributed by atoms with Crippen molar-refractivity contribution in [2.75, 3.05) is 11.6 Å². The van der Waals surface area contributed by atoms with E-state index >= 15 is 0 Å². The number of aromatic amines is 1. The van der Waals surface area contributed by atoms with Gasteiger partial charge in [0.05, 0.1) is 0 Å². The van der Waals surface area contributed by atoms with Crippen molar-refractivity contribution in [2.45, 2.75) is 12.7 Å². The summed E-state index contributed by atoms with van der Waals surface area (Å²) < 4.78 is 0. The summed E-state index contributed by atoms with van der Waals surface area (Å²) in [6.45, 7) is 1.78. The van der Waals surface area contributed by atoms with Gasteiger partial charge in [-0.3, -0.25) is 15.2 Å². The van der Waals surface area contributed by atoms with Crippen LogP contribution in [-0.2, 0) is 5.75 Å². The van der Waals surface area contributed by atoms with Gasteiger partial charge in [-0.05, 0) is 30.9 Å². The maximum Gasteiger partial charge on any atom is 0.258 e. The average molecular weight is 262 g/mol. The molecule has 6 heteroatoms. The minimum atomic E-state index is -0.197. The Balaban J connectivity index is 2.11. The second kappa shape index (κ2) is 5.68. The monoisotopic (exact) mass is 262 g/mol. The van der Waals surface area contributed by atoms with Crippen LogP contribution in [0.4, 0.5) is 5.95 Å². The molecule has 0 fully saturated rings. The lowest BCUT2D eigenvalue weighted by molar-refractivity contribution is 0.102. The summed E-state index contributed by atoms with van der Waals surface area (Å²) in [6, 6.07) is 7.54. The lowest BCUT2D eigenvalue weighted by Crippen LogP contribution is -2.13. The Morgan fingerprint density at radius 3 is 3.00 bits per heavy atom. The van der Waals surface area contributed by atoms with E-state index < -0.39 is 0 Å². The van der Waals surface area contributed by atoms with E-state index in [2.05, 4.69) is 20.5 Å². The topological polar surface area (TPSA) is 70.7 Å². The molecule has 0 unspecified atom stereocenters. The van der Waals surface area contributed by atoms with Crippen LogP contribution in [-0.4, -0.2) is 27.3 Å². The smallest absolute Gasteiger partial charge is 0.258 e. The molecule has 0 radical (unpaired) electrons. The van der Waals surface area contributed by atoms with E-state index in [-0.39, 0.29) is 5.91 Å². The summed E-state index contributed by atoms with van der Waals surface area (Å²) in [7, 11) is 0. The van der Waals surface area contributed by atoms with Gasteiger partial charge in [0.25, 0.3) is 5.91 Å². The second-order valence-corrected chi connectivity index (χ2v) is 4.70. The number of nitrogens with zero attached hydrogens (tertiary/aromatic N) is 2. The van der Waals surface area contributed by atoms with Crippen LogP contribution in [0.15, 0.2) is 24.3 Å². The quantitative estimate of drug-likeness (QED) is 0.886. The third kappa shape index (κ3) is 3.10. The van der Waals surface area contributed by atoms with Crippen LogP contribution >= 0.6 is 11.8 Å². The number of H-pyrrole nitrogens is 1. The second-order valence-electron chi connectivity index (χ2n) is 3.83. The van der Waals surface area contributed by atoms with Crippen molar-refractivity contribution in [1.82, 2.24) is 15.2 Å². The first kappa shape index (κ1) is 12.6. The van der Waals surface area contributed by atoms with E-state index in [0.717, 1.165) is 11.3 Å². The predicted molar refractivity (Wildman–Crippen MR) is 72.7 cm³/mol. The van der Waals surface area contributed by atoms with Crippen molar-refractivity contribution in [2.24, 2.45) is 0 Å². The number of hydrogen-bond acceptors (Lipinski definition) is 4. The Morgan fingerprint density at radius 2 is 2.33 bits per heavy atom. The fourth-order valence-electron chi connectivity index (χ4n) is 1.54. The zero-order chi connectivity index (χ0) is 13.0. The number of aryl methyl sites for hydroxylation is 1. The molecule has 94 valence electrons. The Bertz CT molecular complexity index is 553. The fourth-order valence-corrected chi connectivity index (χ4v) is 2.05. The molecule has 18 heavy (non-hydrogen) atoms. The summed E-state index contributed by atoms with van der Waals surface area (Å²) in [6.07, 6.45) is 2.03. The lowest BCUT2D eigenvalue weighted by Gasteiger charge is -2.03. The van der Waals surface area contributed by atoms with Gasteiger partial charge in [0, 0.05) is 11.3 Å². The lowest BCUT2D eigenvalue weighted by atomic mass is 10.1. The van der Waals surface area contributed by atoms with Crippen molar-refractivity contribution in [3.8, 4) is 0 Å². The van der Waals surface area contributed by atoms with Gasteiger partial charge in [0.15, 0.2) is 0 Å². The molecule has 5 nitrogen and oxygen atoms in total. The van der Waals surface area contributed by atoms with Gasteiger partial charge < -0.3 is 0 Å². The molecular formula is C12H14N4OS. The van der Waals surface area contributed by atoms with Crippen LogP contribution in [0.1, 0.15) is 21.7 Å². The molecule has 0 atom stereocenters. The highest BCUT2D eigenvalue weighted by Gasteiger charge is 2.09. The first-order valence-corrected chi connectivity index (χ1v) is 6.86. The highest BCUT2D eigenvalue weighted by molar-refractivity contribution is 7.97. The number of rotatable bonds is 4. The largest absolute Gasteiger partial charge is 0.289 e. The van der Waals surface area contributed by atoms with E-state index in [1.165, 1.54) is 0 Å². The molecule has 0 aliphatic heterocycles. The molecule has 0 aliphatic carbocycles. The number of nitrogens with one attached hydrogen (secondary N) is 2. The minimum absolute atomic E-state index is 0.197. The molecule has 2 aromatic rings. The van der Waals surface area contributed by atoms with Gasteiger partial charge in [-0.25, -0.2) is 0 Å². The third-order valence-electron chi connectivity index (χ3n) is 2.32. The number of amides is 1. The molecule has 0 saturated heterocycles. The first-order valence-electron chi connectivity index (χ1n) is 5.47. The molecular weight excluding hydrogens is 248 g/mol. The maximum absolute atomic E-state index is 12.0. The standard InChI is InChI=1S/C12H14N4OS/c1-8-13-12(16-15-8)14-11(17)10-5-3-4-9(6-10)7-18-2/h3-6H,7H2,1-2H3,(H2,13,14,15,16,17). The minimum Gasteiger partial charge on any atom is -0.289 e. The highest BCUT2D eigenvalue weighted by atomic mass is 32.2. The maximum atomic E-state index is 12.0. The average Bonchev–Trinajstić information content (AvgIpc) is 2.75. The molecule has 1 aromatic heterocycles. The number of aromatic nitrogens is 3.